The first-order valence-corrected chi connectivity index (χ1v) is 5.01. The van der Waals surface area contributed by atoms with E-state index < -0.39 is 12.0 Å². The van der Waals surface area contributed by atoms with Crippen molar-refractivity contribution in [3.8, 4) is 0 Å². The van der Waals surface area contributed by atoms with Gasteiger partial charge in [0.05, 0.1) is 6.61 Å². The number of anilines is 2. The van der Waals surface area contributed by atoms with Crippen molar-refractivity contribution >= 4 is 29.5 Å². The number of nitrogen functional groups attached to an aromatic ring is 1. The van der Waals surface area contributed by atoms with Crippen molar-refractivity contribution in [1.29, 1.82) is 0 Å². The molecule has 0 amide bonds. The van der Waals surface area contributed by atoms with Gasteiger partial charge >= 0.3 is 5.97 Å². The third-order valence-corrected chi connectivity index (χ3v) is 1.78. The Labute approximate surface area is 97.4 Å². The highest BCUT2D eigenvalue weighted by atomic mass is 35.5. The molecule has 1 unspecified atom stereocenters. The monoisotopic (exact) mass is 245 g/mol. The Morgan fingerprint density at radius 2 is 2.25 bits per heavy atom. The van der Waals surface area contributed by atoms with E-state index in [2.05, 4.69) is 20.3 Å². The lowest BCUT2D eigenvalue weighted by Crippen LogP contribution is -2.29. The summed E-state index contributed by atoms with van der Waals surface area (Å²) < 4.78 is 4.80. The number of nitrogens with two attached hydrogens (primary N) is 1. The molecule has 1 atom stereocenters. The molecular weight excluding hydrogens is 234 g/mol. The molecule has 0 saturated heterocycles. The number of halogens is 1. The van der Waals surface area contributed by atoms with E-state index >= 15 is 0 Å². The molecule has 0 spiro atoms. The van der Waals surface area contributed by atoms with Gasteiger partial charge in [-0.2, -0.15) is 15.0 Å². The molecule has 1 aromatic heterocycles. The zero-order chi connectivity index (χ0) is 12.1. The third-order valence-electron chi connectivity index (χ3n) is 1.61. The van der Waals surface area contributed by atoms with E-state index in [0.717, 1.165) is 0 Å². The maximum Gasteiger partial charge on any atom is 0.328 e. The van der Waals surface area contributed by atoms with Crippen LogP contribution >= 0.6 is 11.6 Å². The Bertz CT molecular complexity index is 366. The topological polar surface area (TPSA) is 103 Å². The normalized spacial score (nSPS) is 11.9. The Morgan fingerprint density at radius 1 is 1.56 bits per heavy atom. The Balaban J connectivity index is 2.69. The zero-order valence-corrected chi connectivity index (χ0v) is 9.65. The van der Waals surface area contributed by atoms with Crippen LogP contribution in [0.25, 0.3) is 0 Å². The highest BCUT2D eigenvalue weighted by molar-refractivity contribution is 6.28. The molecule has 0 aliphatic heterocycles. The van der Waals surface area contributed by atoms with Gasteiger partial charge in [-0.1, -0.05) is 0 Å². The number of ether oxygens (including phenoxy) is 1. The number of rotatable bonds is 4. The van der Waals surface area contributed by atoms with Crippen molar-refractivity contribution in [2.24, 2.45) is 0 Å². The molecule has 3 N–H and O–H groups in total. The average Bonchev–Trinajstić information content (AvgIpc) is 2.16. The van der Waals surface area contributed by atoms with E-state index in [4.69, 9.17) is 22.1 Å². The molecule has 0 bridgehead atoms. The summed E-state index contributed by atoms with van der Waals surface area (Å²) in [5.74, 6) is -0.283. The highest BCUT2D eigenvalue weighted by Crippen LogP contribution is 2.08. The molecule has 88 valence electrons. The van der Waals surface area contributed by atoms with E-state index in [0.29, 0.717) is 6.61 Å². The smallest absolute Gasteiger partial charge is 0.328 e. The van der Waals surface area contributed by atoms with Gasteiger partial charge in [0.15, 0.2) is 0 Å². The van der Waals surface area contributed by atoms with Crippen molar-refractivity contribution < 1.29 is 9.53 Å². The zero-order valence-electron chi connectivity index (χ0n) is 8.90. The van der Waals surface area contributed by atoms with Crippen molar-refractivity contribution in [1.82, 2.24) is 15.0 Å². The lowest BCUT2D eigenvalue weighted by molar-refractivity contribution is -0.143. The molecule has 1 aromatic rings. The van der Waals surface area contributed by atoms with Crippen molar-refractivity contribution in [3.05, 3.63) is 5.28 Å². The third kappa shape index (κ3) is 3.50. The molecule has 0 aromatic carbocycles. The van der Waals surface area contributed by atoms with Gasteiger partial charge in [0, 0.05) is 0 Å². The standard InChI is InChI=1S/C8H12ClN5O2/c1-3-16-5(15)4(2)11-8-13-6(9)12-7(10)14-8/h4H,3H2,1-2H3,(H3,10,11,12,13,14). The molecule has 16 heavy (non-hydrogen) atoms. The second-order valence-electron chi connectivity index (χ2n) is 2.90. The van der Waals surface area contributed by atoms with Gasteiger partial charge < -0.3 is 15.8 Å². The summed E-state index contributed by atoms with van der Waals surface area (Å²) >= 11 is 5.58. The first-order chi connectivity index (χ1) is 7.52. The summed E-state index contributed by atoms with van der Waals surface area (Å²) in [6.07, 6.45) is 0. The summed E-state index contributed by atoms with van der Waals surface area (Å²) in [5.41, 5.74) is 5.37. The highest BCUT2D eigenvalue weighted by Gasteiger charge is 2.15. The van der Waals surface area contributed by atoms with E-state index in [9.17, 15) is 4.79 Å². The van der Waals surface area contributed by atoms with Crippen LogP contribution in [0.1, 0.15) is 13.8 Å². The first-order valence-electron chi connectivity index (χ1n) is 4.63. The molecule has 0 aliphatic carbocycles. The Morgan fingerprint density at radius 3 is 2.81 bits per heavy atom. The van der Waals surface area contributed by atoms with Crippen LogP contribution in [-0.4, -0.2) is 33.6 Å². The summed E-state index contributed by atoms with van der Waals surface area (Å²) in [6, 6.07) is -0.585. The van der Waals surface area contributed by atoms with Crippen LogP contribution in [0.2, 0.25) is 5.28 Å². The van der Waals surface area contributed by atoms with Gasteiger partial charge in [0.25, 0.3) is 0 Å². The van der Waals surface area contributed by atoms with Gasteiger partial charge in [0.1, 0.15) is 6.04 Å². The van der Waals surface area contributed by atoms with Crippen LogP contribution in [0.5, 0.6) is 0 Å². The molecule has 0 fully saturated rings. The molecule has 0 radical (unpaired) electrons. The number of nitrogens with zero attached hydrogens (tertiary/aromatic N) is 3. The second-order valence-corrected chi connectivity index (χ2v) is 3.24. The van der Waals surface area contributed by atoms with Crippen molar-refractivity contribution in [3.63, 3.8) is 0 Å². The van der Waals surface area contributed by atoms with Gasteiger partial charge in [-0.15, -0.1) is 0 Å². The lowest BCUT2D eigenvalue weighted by Gasteiger charge is -2.12. The van der Waals surface area contributed by atoms with E-state index in [1.165, 1.54) is 0 Å². The average molecular weight is 246 g/mol. The number of nitrogens with one attached hydrogen (secondary N) is 1. The van der Waals surface area contributed by atoms with Gasteiger partial charge in [0.2, 0.25) is 17.2 Å². The molecule has 0 aliphatic rings. The van der Waals surface area contributed by atoms with E-state index in [1.807, 2.05) is 0 Å². The number of aromatic nitrogens is 3. The SMILES string of the molecule is CCOC(=O)C(C)Nc1nc(N)nc(Cl)n1. The first kappa shape index (κ1) is 12.4. The fourth-order valence-corrected chi connectivity index (χ4v) is 1.12. The maximum absolute atomic E-state index is 11.3. The van der Waals surface area contributed by atoms with Crippen LogP contribution < -0.4 is 11.1 Å². The fourth-order valence-electron chi connectivity index (χ4n) is 0.950. The van der Waals surface area contributed by atoms with Crippen LogP contribution in [-0.2, 0) is 9.53 Å². The molecule has 8 heteroatoms. The predicted molar refractivity (Wildman–Crippen MR) is 59.0 cm³/mol. The molecular formula is C8H12ClN5O2. The lowest BCUT2D eigenvalue weighted by atomic mass is 10.3. The largest absolute Gasteiger partial charge is 0.464 e. The molecule has 1 rings (SSSR count). The number of hydrogen-bond acceptors (Lipinski definition) is 7. The van der Waals surface area contributed by atoms with Crippen molar-refractivity contribution in [2.75, 3.05) is 17.7 Å². The van der Waals surface area contributed by atoms with Crippen LogP contribution in [0.4, 0.5) is 11.9 Å². The number of hydrogen-bond donors (Lipinski definition) is 2. The maximum atomic E-state index is 11.3. The fraction of sp³-hybridized carbons (Fsp3) is 0.500. The minimum atomic E-state index is -0.585. The summed E-state index contributed by atoms with van der Waals surface area (Å²) in [6.45, 7) is 3.65. The van der Waals surface area contributed by atoms with Crippen LogP contribution in [0, 0.1) is 0 Å². The molecule has 0 saturated carbocycles. The van der Waals surface area contributed by atoms with E-state index in [-0.39, 0.29) is 17.2 Å². The van der Waals surface area contributed by atoms with Gasteiger partial charge in [-0.05, 0) is 25.4 Å². The minimum absolute atomic E-state index is 0.0152. The van der Waals surface area contributed by atoms with Gasteiger partial charge in [-0.3, -0.25) is 0 Å². The van der Waals surface area contributed by atoms with Crippen LogP contribution in [0.3, 0.4) is 0 Å². The number of carbonyl (C=O) groups is 1. The number of esters is 1. The summed E-state index contributed by atoms with van der Waals surface area (Å²) in [4.78, 5) is 22.4. The van der Waals surface area contributed by atoms with Crippen molar-refractivity contribution in [2.45, 2.75) is 19.9 Å². The predicted octanol–water partition coefficient (Wildman–Crippen LogP) is 0.471. The minimum Gasteiger partial charge on any atom is -0.464 e. The molecule has 7 nitrogen and oxygen atoms in total. The second kappa shape index (κ2) is 5.45. The quantitative estimate of drug-likeness (QED) is 0.743. The number of carbonyl (C=O) groups excluding carboxylic acids is 1. The van der Waals surface area contributed by atoms with Crippen LogP contribution in [0.15, 0.2) is 0 Å². The molecule has 1 heterocycles. The summed E-state index contributed by atoms with van der Waals surface area (Å²) in [7, 11) is 0. The van der Waals surface area contributed by atoms with Gasteiger partial charge in [-0.25, -0.2) is 4.79 Å². The Hall–Kier alpha value is -1.63. The summed E-state index contributed by atoms with van der Waals surface area (Å²) in [5, 5.41) is 2.67. The Kier molecular flexibility index (Phi) is 4.24. The van der Waals surface area contributed by atoms with E-state index in [1.54, 1.807) is 13.8 Å².